The molecule has 1 aliphatic heterocycles. The molecular weight excluding hydrogens is 412 g/mol. The van der Waals surface area contributed by atoms with E-state index in [9.17, 15) is 4.79 Å². The molecule has 6 rings (SSSR count). The van der Waals surface area contributed by atoms with Crippen molar-refractivity contribution in [1.29, 1.82) is 0 Å². The SMILES string of the molecule is Cc1c(C(=O)Nc2cccc(-c3nnc4n3CCCCC4)c2)oc2c1ccc1ccccc12. The number of benzene rings is 3. The summed E-state index contributed by atoms with van der Waals surface area (Å²) in [5.74, 6) is 1.98. The molecule has 33 heavy (non-hydrogen) atoms. The molecule has 1 amide bonds. The second-order valence-electron chi connectivity index (χ2n) is 8.66. The molecule has 6 heteroatoms. The van der Waals surface area contributed by atoms with E-state index in [1.807, 2.05) is 61.5 Å². The Balaban J connectivity index is 1.33. The summed E-state index contributed by atoms with van der Waals surface area (Å²) in [7, 11) is 0. The first kappa shape index (κ1) is 19.7. The highest BCUT2D eigenvalue weighted by Crippen LogP contribution is 2.32. The lowest BCUT2D eigenvalue weighted by molar-refractivity contribution is 0.0998. The topological polar surface area (TPSA) is 73.0 Å². The predicted molar refractivity (Wildman–Crippen MR) is 129 cm³/mol. The van der Waals surface area contributed by atoms with Crippen molar-refractivity contribution < 1.29 is 9.21 Å². The number of amides is 1. The third kappa shape index (κ3) is 3.39. The lowest BCUT2D eigenvalue weighted by Crippen LogP contribution is -2.12. The van der Waals surface area contributed by atoms with Crippen LogP contribution < -0.4 is 5.32 Å². The van der Waals surface area contributed by atoms with E-state index in [0.29, 0.717) is 11.4 Å². The lowest BCUT2D eigenvalue weighted by atomic mass is 10.1. The van der Waals surface area contributed by atoms with Crippen LogP contribution in [0.2, 0.25) is 0 Å². The average molecular weight is 437 g/mol. The highest BCUT2D eigenvalue weighted by Gasteiger charge is 2.20. The van der Waals surface area contributed by atoms with Crippen LogP contribution >= 0.6 is 0 Å². The summed E-state index contributed by atoms with van der Waals surface area (Å²) in [5, 5.41) is 14.9. The third-order valence-electron chi connectivity index (χ3n) is 6.52. The number of fused-ring (bicyclic) bond motifs is 4. The van der Waals surface area contributed by atoms with Gasteiger partial charge in [0, 0.05) is 40.6 Å². The fraction of sp³-hybridized carbons (Fsp3) is 0.222. The molecule has 164 valence electrons. The van der Waals surface area contributed by atoms with Crippen molar-refractivity contribution in [3.8, 4) is 11.4 Å². The van der Waals surface area contributed by atoms with E-state index in [2.05, 4.69) is 26.1 Å². The minimum atomic E-state index is -0.259. The Morgan fingerprint density at radius 2 is 1.88 bits per heavy atom. The molecule has 1 N–H and O–H groups in total. The van der Waals surface area contributed by atoms with Gasteiger partial charge in [-0.1, -0.05) is 55.0 Å². The number of aryl methyl sites for hydroxylation is 2. The zero-order chi connectivity index (χ0) is 22.4. The first-order valence-electron chi connectivity index (χ1n) is 11.4. The van der Waals surface area contributed by atoms with Gasteiger partial charge in [0.05, 0.1) is 0 Å². The number of hydrogen-bond acceptors (Lipinski definition) is 4. The Bertz CT molecular complexity index is 1510. The van der Waals surface area contributed by atoms with E-state index in [0.717, 1.165) is 70.3 Å². The smallest absolute Gasteiger partial charge is 0.291 e. The molecule has 0 bridgehead atoms. The summed E-state index contributed by atoms with van der Waals surface area (Å²) in [6.45, 7) is 2.86. The van der Waals surface area contributed by atoms with E-state index in [1.165, 1.54) is 6.42 Å². The van der Waals surface area contributed by atoms with Crippen molar-refractivity contribution >= 4 is 33.3 Å². The van der Waals surface area contributed by atoms with E-state index in [4.69, 9.17) is 4.42 Å². The fourth-order valence-corrected chi connectivity index (χ4v) is 4.79. The van der Waals surface area contributed by atoms with Gasteiger partial charge in [-0.2, -0.15) is 0 Å². The van der Waals surface area contributed by atoms with E-state index < -0.39 is 0 Å². The second kappa shape index (κ2) is 7.89. The van der Waals surface area contributed by atoms with Crippen molar-refractivity contribution in [3.63, 3.8) is 0 Å². The molecule has 6 nitrogen and oxygen atoms in total. The minimum Gasteiger partial charge on any atom is -0.450 e. The van der Waals surface area contributed by atoms with Crippen LogP contribution in [0.4, 0.5) is 5.69 Å². The molecule has 3 heterocycles. The predicted octanol–water partition coefficient (Wildman–Crippen LogP) is 6.13. The molecule has 5 aromatic rings. The molecule has 0 atom stereocenters. The number of rotatable bonds is 3. The summed E-state index contributed by atoms with van der Waals surface area (Å²) in [4.78, 5) is 13.2. The van der Waals surface area contributed by atoms with Gasteiger partial charge in [-0.3, -0.25) is 4.79 Å². The molecule has 2 aromatic heterocycles. The standard InChI is InChI=1S/C27H24N4O2/c1-17-21-14-13-18-8-4-5-11-22(18)25(21)33-24(17)27(32)28-20-10-7-9-19(16-20)26-30-29-23-12-3-2-6-15-31(23)26/h4-5,7-11,13-14,16H,2-3,6,12,15H2,1H3,(H,28,32). The molecular formula is C27H24N4O2. The van der Waals surface area contributed by atoms with E-state index in [-0.39, 0.29) is 5.91 Å². The van der Waals surface area contributed by atoms with E-state index >= 15 is 0 Å². The van der Waals surface area contributed by atoms with Crippen LogP contribution in [-0.4, -0.2) is 20.7 Å². The maximum absolute atomic E-state index is 13.2. The molecule has 0 fully saturated rings. The summed E-state index contributed by atoms with van der Waals surface area (Å²) in [6.07, 6.45) is 4.46. The number of carbonyl (C=O) groups is 1. The maximum Gasteiger partial charge on any atom is 0.291 e. The monoisotopic (exact) mass is 436 g/mol. The molecule has 0 unspecified atom stereocenters. The number of aromatic nitrogens is 3. The van der Waals surface area contributed by atoms with Crippen molar-refractivity contribution in [2.75, 3.05) is 5.32 Å². The van der Waals surface area contributed by atoms with E-state index in [1.54, 1.807) is 0 Å². The van der Waals surface area contributed by atoms with Crippen LogP contribution in [0.25, 0.3) is 33.1 Å². The Morgan fingerprint density at radius 1 is 0.970 bits per heavy atom. The number of nitrogens with one attached hydrogen (secondary N) is 1. The van der Waals surface area contributed by atoms with Crippen LogP contribution in [-0.2, 0) is 13.0 Å². The summed E-state index contributed by atoms with van der Waals surface area (Å²) in [6, 6.07) is 19.9. The summed E-state index contributed by atoms with van der Waals surface area (Å²) in [5.41, 5.74) is 3.23. The number of anilines is 1. The van der Waals surface area contributed by atoms with Crippen LogP contribution in [0.1, 0.15) is 41.2 Å². The fourth-order valence-electron chi connectivity index (χ4n) is 4.79. The van der Waals surface area contributed by atoms with Crippen LogP contribution in [0, 0.1) is 6.92 Å². The van der Waals surface area contributed by atoms with Crippen LogP contribution in [0.5, 0.6) is 0 Å². The van der Waals surface area contributed by atoms with Crippen molar-refractivity contribution in [2.24, 2.45) is 0 Å². The molecule has 0 saturated heterocycles. The number of nitrogens with zero attached hydrogens (tertiary/aromatic N) is 3. The Hall–Kier alpha value is -3.93. The first-order chi connectivity index (χ1) is 16.2. The van der Waals surface area contributed by atoms with Gasteiger partial charge >= 0.3 is 0 Å². The quantitative estimate of drug-likeness (QED) is 0.369. The van der Waals surface area contributed by atoms with Gasteiger partial charge < -0.3 is 14.3 Å². The minimum absolute atomic E-state index is 0.259. The number of hydrogen-bond donors (Lipinski definition) is 1. The van der Waals surface area contributed by atoms with Crippen molar-refractivity contribution in [1.82, 2.24) is 14.8 Å². The van der Waals surface area contributed by atoms with Gasteiger partial charge in [-0.05, 0) is 37.3 Å². The molecule has 0 saturated carbocycles. The molecule has 0 spiro atoms. The second-order valence-corrected chi connectivity index (χ2v) is 8.66. The molecule has 0 radical (unpaired) electrons. The van der Waals surface area contributed by atoms with Crippen molar-refractivity contribution in [2.45, 2.75) is 39.2 Å². The lowest BCUT2D eigenvalue weighted by Gasteiger charge is -2.09. The maximum atomic E-state index is 13.2. The van der Waals surface area contributed by atoms with Crippen LogP contribution in [0.15, 0.2) is 65.1 Å². The van der Waals surface area contributed by atoms with Gasteiger partial charge in [-0.15, -0.1) is 10.2 Å². The van der Waals surface area contributed by atoms with Gasteiger partial charge in [0.2, 0.25) is 0 Å². The zero-order valence-corrected chi connectivity index (χ0v) is 18.5. The molecule has 1 aliphatic rings. The van der Waals surface area contributed by atoms with Gasteiger partial charge in [0.15, 0.2) is 11.6 Å². The van der Waals surface area contributed by atoms with Gasteiger partial charge in [0.1, 0.15) is 11.4 Å². The summed E-state index contributed by atoms with van der Waals surface area (Å²) < 4.78 is 8.31. The Kier molecular flexibility index (Phi) is 4.72. The molecule has 3 aromatic carbocycles. The highest BCUT2D eigenvalue weighted by atomic mass is 16.3. The third-order valence-corrected chi connectivity index (χ3v) is 6.52. The largest absolute Gasteiger partial charge is 0.450 e. The number of carbonyl (C=O) groups excluding carboxylic acids is 1. The van der Waals surface area contributed by atoms with Crippen molar-refractivity contribution in [3.05, 3.63) is 77.8 Å². The Morgan fingerprint density at radius 3 is 2.82 bits per heavy atom. The number of furan rings is 1. The summed E-state index contributed by atoms with van der Waals surface area (Å²) >= 11 is 0. The van der Waals surface area contributed by atoms with Gasteiger partial charge in [0.25, 0.3) is 5.91 Å². The van der Waals surface area contributed by atoms with Gasteiger partial charge in [-0.25, -0.2) is 0 Å². The first-order valence-corrected chi connectivity index (χ1v) is 11.4. The van der Waals surface area contributed by atoms with Crippen LogP contribution in [0.3, 0.4) is 0 Å². The molecule has 0 aliphatic carbocycles. The highest BCUT2D eigenvalue weighted by molar-refractivity contribution is 6.11. The Labute approximate surface area is 191 Å². The normalized spacial score (nSPS) is 13.7. The zero-order valence-electron chi connectivity index (χ0n) is 18.5. The average Bonchev–Trinajstić information content (AvgIpc) is 3.31.